The predicted molar refractivity (Wildman–Crippen MR) is 154 cm³/mol. The largest absolute Gasteiger partial charge is 0.435 e. The van der Waals surface area contributed by atoms with E-state index in [2.05, 4.69) is 25.5 Å². The lowest BCUT2D eigenvalue weighted by Crippen LogP contribution is -2.37. The third kappa shape index (κ3) is 6.57. The number of aryl methyl sites for hydroxylation is 1. The highest BCUT2D eigenvalue weighted by Gasteiger charge is 2.42. The molecule has 0 spiro atoms. The Morgan fingerprint density at radius 2 is 1.82 bits per heavy atom. The van der Waals surface area contributed by atoms with E-state index in [9.17, 15) is 27.2 Å². The number of amides is 2. The zero-order chi connectivity index (χ0) is 31.9. The van der Waals surface area contributed by atoms with E-state index in [4.69, 9.17) is 4.74 Å². The molecule has 2 aromatic heterocycles. The highest BCUT2D eigenvalue weighted by atomic mass is 19.4. The maximum atomic E-state index is 14.1. The van der Waals surface area contributed by atoms with Crippen molar-refractivity contribution in [2.75, 3.05) is 45.9 Å². The average molecular weight is 630 g/mol. The van der Waals surface area contributed by atoms with Gasteiger partial charge in [-0.3, -0.25) is 9.59 Å². The first-order valence-electron chi connectivity index (χ1n) is 15.1. The number of carbonyl (C=O) groups excluding carboxylic acids is 2. The molecule has 0 saturated carbocycles. The maximum absolute atomic E-state index is 14.1. The zero-order valence-corrected chi connectivity index (χ0v) is 25.1. The molecule has 2 amide bonds. The number of ether oxygens (including phenoxy) is 1. The number of nitrogens with zero attached hydrogens (tertiary/aromatic N) is 6. The molecule has 1 N–H and O–H groups in total. The topological polar surface area (TPSA) is 105 Å². The van der Waals surface area contributed by atoms with Crippen molar-refractivity contribution in [3.63, 3.8) is 0 Å². The Kier molecular flexibility index (Phi) is 8.61. The van der Waals surface area contributed by atoms with Gasteiger partial charge in [0, 0.05) is 39.3 Å². The second-order valence-corrected chi connectivity index (χ2v) is 12.2. The van der Waals surface area contributed by atoms with E-state index in [1.807, 2.05) is 11.0 Å². The lowest BCUT2D eigenvalue weighted by Gasteiger charge is -2.25. The summed E-state index contributed by atoms with van der Waals surface area (Å²) in [7, 11) is 0. The molecule has 3 aromatic rings. The van der Waals surface area contributed by atoms with E-state index >= 15 is 0 Å². The number of alkyl halides is 3. The van der Waals surface area contributed by atoms with Gasteiger partial charge in [-0.15, -0.1) is 10.2 Å². The fraction of sp³-hybridized carbons (Fsp3) is 0.516. The summed E-state index contributed by atoms with van der Waals surface area (Å²) < 4.78 is 59.5. The summed E-state index contributed by atoms with van der Waals surface area (Å²) in [5, 5.41) is 14.5. The van der Waals surface area contributed by atoms with Crippen LogP contribution in [-0.2, 0) is 15.7 Å². The van der Waals surface area contributed by atoms with Crippen LogP contribution in [0, 0.1) is 37.4 Å². The number of benzene rings is 1. The van der Waals surface area contributed by atoms with Gasteiger partial charge in [0.25, 0.3) is 5.91 Å². The van der Waals surface area contributed by atoms with Gasteiger partial charge in [-0.2, -0.15) is 18.3 Å². The van der Waals surface area contributed by atoms with Crippen molar-refractivity contribution < 1.29 is 31.9 Å². The number of hydrogen-bond donors (Lipinski definition) is 1. The normalized spacial score (nSPS) is 22.5. The van der Waals surface area contributed by atoms with Crippen LogP contribution in [0.5, 0.6) is 0 Å². The van der Waals surface area contributed by atoms with E-state index < -0.39 is 11.9 Å². The minimum Gasteiger partial charge on any atom is -0.381 e. The molecule has 0 aliphatic carbocycles. The van der Waals surface area contributed by atoms with Crippen LogP contribution in [0.1, 0.15) is 51.9 Å². The van der Waals surface area contributed by atoms with Crippen LogP contribution in [0.3, 0.4) is 0 Å². The Morgan fingerprint density at radius 1 is 1.07 bits per heavy atom. The van der Waals surface area contributed by atoms with Crippen LogP contribution in [0.4, 0.5) is 17.6 Å². The molecule has 4 atom stereocenters. The first-order valence-corrected chi connectivity index (χ1v) is 15.1. The highest BCUT2D eigenvalue weighted by Crippen LogP contribution is 2.34. The molecule has 3 fully saturated rings. The van der Waals surface area contributed by atoms with Crippen LogP contribution < -0.4 is 5.32 Å². The third-order valence-electron chi connectivity index (χ3n) is 9.11. The molecule has 1 aromatic carbocycles. The second kappa shape index (κ2) is 12.5. The summed E-state index contributed by atoms with van der Waals surface area (Å²) in [6.07, 6.45) is -3.31. The first kappa shape index (κ1) is 31.1. The van der Waals surface area contributed by atoms with Crippen LogP contribution in [0.15, 0.2) is 36.4 Å². The Labute approximate surface area is 257 Å². The molecule has 3 saturated heterocycles. The molecular formula is C31H35F4N7O3. The van der Waals surface area contributed by atoms with Gasteiger partial charge < -0.3 is 19.9 Å². The van der Waals surface area contributed by atoms with Crippen LogP contribution in [0.25, 0.3) is 5.82 Å². The third-order valence-corrected chi connectivity index (χ3v) is 9.11. The lowest BCUT2D eigenvalue weighted by atomic mass is 10.0. The van der Waals surface area contributed by atoms with Gasteiger partial charge in [-0.1, -0.05) is 12.1 Å². The first-order chi connectivity index (χ1) is 21.5. The zero-order valence-electron chi connectivity index (χ0n) is 25.1. The monoisotopic (exact) mass is 629 g/mol. The smallest absolute Gasteiger partial charge is 0.381 e. The molecule has 14 heteroatoms. The van der Waals surface area contributed by atoms with Gasteiger partial charge in [-0.25, -0.2) is 9.07 Å². The van der Waals surface area contributed by atoms with Gasteiger partial charge in [-0.05, 0) is 68.4 Å². The molecule has 3 aliphatic heterocycles. The van der Waals surface area contributed by atoms with Crippen molar-refractivity contribution in [1.29, 1.82) is 0 Å². The fourth-order valence-electron chi connectivity index (χ4n) is 6.75. The van der Waals surface area contributed by atoms with Gasteiger partial charge in [0.15, 0.2) is 11.5 Å². The molecule has 3 unspecified atom stereocenters. The van der Waals surface area contributed by atoms with Crippen molar-refractivity contribution in [2.45, 2.75) is 38.9 Å². The lowest BCUT2D eigenvalue weighted by molar-refractivity contribution is -0.141. The molecule has 240 valence electrons. The molecule has 3 aliphatic rings. The number of rotatable bonds is 8. The molecule has 0 radical (unpaired) electrons. The number of fused-ring (bicyclic) bond motifs is 1. The van der Waals surface area contributed by atoms with Gasteiger partial charge in [0.05, 0.1) is 35.5 Å². The van der Waals surface area contributed by atoms with E-state index in [0.29, 0.717) is 62.6 Å². The predicted octanol–water partition coefficient (Wildman–Crippen LogP) is 3.72. The summed E-state index contributed by atoms with van der Waals surface area (Å²) in [6, 6.07) is 8.03. The van der Waals surface area contributed by atoms with Gasteiger partial charge in [0.1, 0.15) is 5.82 Å². The highest BCUT2D eigenvalue weighted by molar-refractivity contribution is 5.96. The van der Waals surface area contributed by atoms with Gasteiger partial charge >= 0.3 is 6.18 Å². The Morgan fingerprint density at radius 3 is 2.44 bits per heavy atom. The van der Waals surface area contributed by atoms with Crippen molar-refractivity contribution in [3.8, 4) is 5.82 Å². The van der Waals surface area contributed by atoms with Crippen LogP contribution in [0.2, 0.25) is 0 Å². The summed E-state index contributed by atoms with van der Waals surface area (Å²) in [4.78, 5) is 30.7. The second-order valence-electron chi connectivity index (χ2n) is 12.2. The summed E-state index contributed by atoms with van der Waals surface area (Å²) in [5.41, 5.74) is 0.990. The Bertz CT molecular complexity index is 1540. The van der Waals surface area contributed by atoms with Crippen LogP contribution >= 0.6 is 0 Å². The quantitative estimate of drug-likeness (QED) is 0.379. The SMILES string of the molecule is Cc1nn(-c2ccc(C(F)(F)F)nn2)c(C)c1C(=O)N1CC2CN(CC[C@H](NC(=O)C3CCOC3)c3cccc(F)c3)CC2C1. The summed E-state index contributed by atoms with van der Waals surface area (Å²) in [6.45, 7) is 7.82. The number of hydrogen-bond acceptors (Lipinski definition) is 7. The standard InChI is InChI=1S/C31H35F4N7O3/c1-18-28(19(2)42(39-18)27-7-6-26(37-38-27)31(33,34)35)30(44)41-15-22-13-40(14-23(22)16-41)10-8-25(20-4-3-5-24(32)12-20)36-29(43)21-9-11-45-17-21/h3-7,12,21-23,25H,8-11,13-17H2,1-2H3,(H,36,43)/t21?,22?,23?,25-/m0/s1. The number of nitrogens with one attached hydrogen (secondary N) is 1. The number of carbonyl (C=O) groups is 2. The van der Waals surface area contributed by atoms with Crippen molar-refractivity contribution in [2.24, 2.45) is 17.8 Å². The fourth-order valence-corrected chi connectivity index (χ4v) is 6.75. The molecular weight excluding hydrogens is 594 g/mol. The van der Waals surface area contributed by atoms with Crippen LogP contribution in [-0.4, -0.2) is 87.5 Å². The van der Waals surface area contributed by atoms with E-state index in [-0.39, 0.29) is 47.2 Å². The molecule has 5 heterocycles. The minimum absolute atomic E-state index is 0.0755. The van der Waals surface area contributed by atoms with E-state index in [1.54, 1.807) is 19.9 Å². The number of aromatic nitrogens is 4. The maximum Gasteiger partial charge on any atom is 0.435 e. The Balaban J connectivity index is 1.07. The summed E-state index contributed by atoms with van der Waals surface area (Å²) in [5.74, 6) is -0.125. The molecule has 10 nitrogen and oxygen atoms in total. The van der Waals surface area contributed by atoms with Gasteiger partial charge in [0.2, 0.25) is 5.91 Å². The van der Waals surface area contributed by atoms with Crippen molar-refractivity contribution >= 4 is 11.8 Å². The van der Waals surface area contributed by atoms with Crippen molar-refractivity contribution in [1.82, 2.24) is 35.1 Å². The summed E-state index contributed by atoms with van der Waals surface area (Å²) >= 11 is 0. The van der Waals surface area contributed by atoms with E-state index in [1.165, 1.54) is 22.9 Å². The van der Waals surface area contributed by atoms with E-state index in [0.717, 1.165) is 24.7 Å². The number of halogens is 4. The van der Waals surface area contributed by atoms with Crippen molar-refractivity contribution in [3.05, 3.63) is 70.4 Å². The number of likely N-dealkylation sites (tertiary alicyclic amines) is 2. The average Bonchev–Trinajstić information content (AvgIpc) is 3.79. The molecule has 45 heavy (non-hydrogen) atoms. The molecule has 6 rings (SSSR count). The Hall–Kier alpha value is -3.91. The minimum atomic E-state index is -4.60. The molecule has 0 bridgehead atoms.